The molecule has 90 valence electrons. The van der Waals surface area contributed by atoms with E-state index in [-0.39, 0.29) is 5.91 Å². The van der Waals surface area contributed by atoms with Crippen molar-refractivity contribution in [1.82, 2.24) is 0 Å². The van der Waals surface area contributed by atoms with E-state index in [0.29, 0.717) is 12.1 Å². The minimum absolute atomic E-state index is 0.243. The molecule has 1 atom stereocenters. The number of anilines is 2. The van der Waals surface area contributed by atoms with Crippen LogP contribution in [0.1, 0.15) is 13.3 Å². The van der Waals surface area contributed by atoms with E-state index in [2.05, 4.69) is 5.32 Å². The number of nitrogens with zero attached hydrogens (tertiary/aromatic N) is 2. The van der Waals surface area contributed by atoms with E-state index in [0.717, 1.165) is 5.69 Å². The zero-order valence-corrected chi connectivity index (χ0v) is 10.4. The van der Waals surface area contributed by atoms with Crippen LogP contribution in [0.25, 0.3) is 0 Å². The molecule has 1 unspecified atom stereocenters. The van der Waals surface area contributed by atoms with E-state index in [1.807, 2.05) is 56.3 Å². The van der Waals surface area contributed by atoms with Crippen molar-refractivity contribution in [3.8, 4) is 6.07 Å². The van der Waals surface area contributed by atoms with Crippen molar-refractivity contribution in [2.75, 3.05) is 24.3 Å². The van der Waals surface area contributed by atoms with Gasteiger partial charge in [0, 0.05) is 25.5 Å². The molecule has 0 fully saturated rings. The van der Waals surface area contributed by atoms with Gasteiger partial charge >= 0.3 is 0 Å². The molecule has 1 N–H and O–H groups in total. The monoisotopic (exact) mass is 231 g/mol. The molecule has 0 aromatic heterocycles. The summed E-state index contributed by atoms with van der Waals surface area (Å²) in [6.07, 6.45) is 0.526. The second-order valence-corrected chi connectivity index (χ2v) is 4.02. The lowest BCUT2D eigenvalue weighted by Gasteiger charge is -2.13. The molecule has 1 rings (SSSR count). The SMILES string of the molecule is CCC(C#N)C(=O)Nc1ccc(N(C)C)cc1. The Kier molecular flexibility index (Phi) is 4.53. The van der Waals surface area contributed by atoms with Gasteiger partial charge in [0.2, 0.25) is 5.91 Å². The van der Waals surface area contributed by atoms with Crippen molar-refractivity contribution >= 4 is 17.3 Å². The number of nitriles is 1. The van der Waals surface area contributed by atoms with Gasteiger partial charge in [0.15, 0.2) is 0 Å². The molecule has 0 saturated carbocycles. The first-order chi connectivity index (χ1) is 8.08. The maximum Gasteiger partial charge on any atom is 0.241 e. The lowest BCUT2D eigenvalue weighted by Crippen LogP contribution is -2.20. The van der Waals surface area contributed by atoms with Crippen LogP contribution in [0, 0.1) is 17.2 Å². The van der Waals surface area contributed by atoms with Gasteiger partial charge in [-0.05, 0) is 30.7 Å². The summed E-state index contributed by atoms with van der Waals surface area (Å²) in [6, 6.07) is 9.48. The van der Waals surface area contributed by atoms with Crippen molar-refractivity contribution in [2.45, 2.75) is 13.3 Å². The van der Waals surface area contributed by atoms with Gasteiger partial charge in [-0.2, -0.15) is 5.26 Å². The number of hydrogen-bond donors (Lipinski definition) is 1. The number of amides is 1. The number of carbonyl (C=O) groups is 1. The van der Waals surface area contributed by atoms with Crippen molar-refractivity contribution in [3.05, 3.63) is 24.3 Å². The maximum atomic E-state index is 11.6. The molecule has 4 heteroatoms. The molecule has 4 nitrogen and oxygen atoms in total. The third-order valence-electron chi connectivity index (χ3n) is 2.53. The Morgan fingerprint density at radius 3 is 2.41 bits per heavy atom. The average molecular weight is 231 g/mol. The Balaban J connectivity index is 2.70. The van der Waals surface area contributed by atoms with Gasteiger partial charge < -0.3 is 10.2 Å². The van der Waals surface area contributed by atoms with E-state index < -0.39 is 5.92 Å². The van der Waals surface area contributed by atoms with E-state index in [9.17, 15) is 4.79 Å². The number of rotatable bonds is 4. The fourth-order valence-electron chi connectivity index (χ4n) is 1.41. The summed E-state index contributed by atoms with van der Waals surface area (Å²) in [7, 11) is 3.91. The second-order valence-electron chi connectivity index (χ2n) is 4.02. The molecule has 0 aliphatic heterocycles. The molecule has 17 heavy (non-hydrogen) atoms. The van der Waals surface area contributed by atoms with Crippen molar-refractivity contribution in [1.29, 1.82) is 5.26 Å². The summed E-state index contributed by atoms with van der Waals surface area (Å²) in [6.45, 7) is 1.82. The Hall–Kier alpha value is -2.02. The Bertz CT molecular complexity index is 417. The van der Waals surface area contributed by atoms with Gasteiger partial charge in [-0.3, -0.25) is 4.79 Å². The van der Waals surface area contributed by atoms with Crippen LogP contribution in [0.2, 0.25) is 0 Å². The molecule has 0 bridgehead atoms. The third-order valence-corrected chi connectivity index (χ3v) is 2.53. The summed E-state index contributed by atoms with van der Waals surface area (Å²) in [5, 5.41) is 11.5. The summed E-state index contributed by atoms with van der Waals surface area (Å²) >= 11 is 0. The number of hydrogen-bond acceptors (Lipinski definition) is 3. The van der Waals surface area contributed by atoms with Crippen LogP contribution in [0.5, 0.6) is 0 Å². The van der Waals surface area contributed by atoms with Gasteiger partial charge in [0.1, 0.15) is 5.92 Å². The molecule has 0 spiro atoms. The summed E-state index contributed by atoms with van der Waals surface area (Å²) in [4.78, 5) is 13.6. The lowest BCUT2D eigenvalue weighted by atomic mass is 10.1. The van der Waals surface area contributed by atoms with Crippen molar-refractivity contribution in [3.63, 3.8) is 0 Å². The number of nitrogens with one attached hydrogen (secondary N) is 1. The van der Waals surface area contributed by atoms with Gasteiger partial charge in [0.05, 0.1) is 6.07 Å². The highest BCUT2D eigenvalue weighted by Crippen LogP contribution is 2.16. The van der Waals surface area contributed by atoms with Gasteiger partial charge in [-0.25, -0.2) is 0 Å². The quantitative estimate of drug-likeness (QED) is 0.864. The summed E-state index contributed by atoms with van der Waals surface area (Å²) in [5.74, 6) is -0.823. The van der Waals surface area contributed by atoms with Crippen LogP contribution in [-0.2, 0) is 4.79 Å². The van der Waals surface area contributed by atoms with E-state index in [4.69, 9.17) is 5.26 Å². The first kappa shape index (κ1) is 13.0. The summed E-state index contributed by atoms with van der Waals surface area (Å²) in [5.41, 5.74) is 1.78. The Morgan fingerprint density at radius 2 is 2.00 bits per heavy atom. The third kappa shape index (κ3) is 3.49. The van der Waals surface area contributed by atoms with Crippen molar-refractivity contribution in [2.24, 2.45) is 5.92 Å². The predicted octanol–water partition coefficient (Wildman–Crippen LogP) is 2.24. The van der Waals surface area contributed by atoms with E-state index in [1.165, 1.54) is 0 Å². The van der Waals surface area contributed by atoms with Crippen LogP contribution in [-0.4, -0.2) is 20.0 Å². The number of carbonyl (C=O) groups excluding carboxylic acids is 1. The summed E-state index contributed by atoms with van der Waals surface area (Å²) < 4.78 is 0. The Labute approximate surface area is 102 Å². The molecule has 0 saturated heterocycles. The highest BCUT2D eigenvalue weighted by molar-refractivity contribution is 5.94. The van der Waals surface area contributed by atoms with Crippen molar-refractivity contribution < 1.29 is 4.79 Å². The molecular formula is C13H17N3O. The minimum atomic E-state index is -0.580. The molecule has 0 heterocycles. The molecule has 0 aliphatic carbocycles. The van der Waals surface area contributed by atoms with E-state index in [1.54, 1.807) is 0 Å². The van der Waals surface area contributed by atoms with Crippen LogP contribution in [0.15, 0.2) is 24.3 Å². The van der Waals surface area contributed by atoms with Gasteiger partial charge in [-0.15, -0.1) is 0 Å². The zero-order valence-electron chi connectivity index (χ0n) is 10.4. The highest BCUT2D eigenvalue weighted by Gasteiger charge is 2.15. The van der Waals surface area contributed by atoms with Crippen LogP contribution in [0.4, 0.5) is 11.4 Å². The average Bonchev–Trinajstić information content (AvgIpc) is 2.31. The number of benzene rings is 1. The second kappa shape index (κ2) is 5.90. The van der Waals surface area contributed by atoms with Crippen LogP contribution >= 0.6 is 0 Å². The first-order valence-electron chi connectivity index (χ1n) is 5.56. The van der Waals surface area contributed by atoms with Crippen LogP contribution < -0.4 is 10.2 Å². The highest BCUT2D eigenvalue weighted by atomic mass is 16.1. The Morgan fingerprint density at radius 1 is 1.41 bits per heavy atom. The maximum absolute atomic E-state index is 11.6. The fraction of sp³-hybridized carbons (Fsp3) is 0.385. The molecule has 0 aliphatic rings. The van der Waals surface area contributed by atoms with Crippen LogP contribution in [0.3, 0.4) is 0 Å². The van der Waals surface area contributed by atoms with E-state index >= 15 is 0 Å². The predicted molar refractivity (Wildman–Crippen MR) is 68.8 cm³/mol. The molecule has 1 amide bonds. The normalized spacial score (nSPS) is 11.4. The standard InChI is InChI=1S/C13H17N3O/c1-4-10(9-14)13(17)15-11-5-7-12(8-6-11)16(2)3/h5-8,10H,4H2,1-3H3,(H,15,17). The molecule has 0 radical (unpaired) electrons. The smallest absolute Gasteiger partial charge is 0.241 e. The topological polar surface area (TPSA) is 56.1 Å². The molecule has 1 aromatic rings. The van der Waals surface area contributed by atoms with Gasteiger partial charge in [0.25, 0.3) is 0 Å². The fourth-order valence-corrected chi connectivity index (χ4v) is 1.41. The minimum Gasteiger partial charge on any atom is -0.378 e. The first-order valence-corrected chi connectivity index (χ1v) is 5.56. The lowest BCUT2D eigenvalue weighted by molar-refractivity contribution is -0.118. The molecule has 1 aromatic carbocycles. The largest absolute Gasteiger partial charge is 0.378 e. The van der Waals surface area contributed by atoms with Gasteiger partial charge in [-0.1, -0.05) is 6.92 Å². The molecular weight excluding hydrogens is 214 g/mol. The zero-order chi connectivity index (χ0) is 12.8.